The minimum Gasteiger partial charge on any atom is -0.444 e. The number of rotatable bonds is 2. The normalized spacial score (nSPS) is 20.6. The van der Waals surface area contributed by atoms with Gasteiger partial charge >= 0.3 is 12.1 Å². The summed E-state index contributed by atoms with van der Waals surface area (Å²) in [6.07, 6.45) is -0.215. The zero-order valence-electron chi connectivity index (χ0n) is 17.2. The Morgan fingerprint density at radius 3 is 2.52 bits per heavy atom. The smallest absolute Gasteiger partial charge is 0.410 e. The van der Waals surface area contributed by atoms with Gasteiger partial charge in [0.2, 0.25) is 5.91 Å². The number of nitrogens with one attached hydrogen (secondary N) is 1. The molecule has 2 heterocycles. The first-order valence-electron chi connectivity index (χ1n) is 9.70. The van der Waals surface area contributed by atoms with Crippen LogP contribution in [-0.2, 0) is 9.53 Å². The van der Waals surface area contributed by atoms with Crippen LogP contribution in [0.4, 0.5) is 25.4 Å². The van der Waals surface area contributed by atoms with E-state index in [4.69, 9.17) is 4.74 Å². The van der Waals surface area contributed by atoms with E-state index in [1.54, 1.807) is 17.0 Å². The van der Waals surface area contributed by atoms with Crippen LogP contribution in [0.15, 0.2) is 18.2 Å². The molecule has 0 aliphatic carbocycles. The Labute approximate surface area is 169 Å². The third kappa shape index (κ3) is 4.78. The molecule has 9 heteroatoms. The van der Waals surface area contributed by atoms with E-state index in [-0.39, 0.29) is 36.7 Å². The summed E-state index contributed by atoms with van der Waals surface area (Å²) in [6, 6.07) is 4.04. The topological polar surface area (TPSA) is 82.2 Å². The van der Waals surface area contributed by atoms with Gasteiger partial charge in [-0.15, -0.1) is 0 Å². The van der Waals surface area contributed by atoms with Crippen LogP contribution in [0.3, 0.4) is 0 Å². The van der Waals surface area contributed by atoms with Crippen molar-refractivity contribution >= 4 is 29.4 Å². The summed E-state index contributed by atoms with van der Waals surface area (Å²) in [4.78, 5) is 40.4. The molecule has 1 aromatic carbocycles. The van der Waals surface area contributed by atoms with Crippen molar-refractivity contribution in [2.45, 2.75) is 45.8 Å². The third-order valence-electron chi connectivity index (χ3n) is 4.89. The summed E-state index contributed by atoms with van der Waals surface area (Å²) in [5.41, 5.74) is 0.261. The summed E-state index contributed by atoms with van der Waals surface area (Å²) in [5, 5.41) is 2.19. The molecular weight excluding hydrogens is 379 g/mol. The highest BCUT2D eigenvalue weighted by Crippen LogP contribution is 2.28. The van der Waals surface area contributed by atoms with E-state index in [0.29, 0.717) is 25.3 Å². The molecule has 1 N–H and O–H groups in total. The number of carbonyl (C=O) groups is 3. The molecule has 0 radical (unpaired) electrons. The largest absolute Gasteiger partial charge is 0.444 e. The van der Waals surface area contributed by atoms with Gasteiger partial charge < -0.3 is 14.5 Å². The van der Waals surface area contributed by atoms with E-state index < -0.39 is 17.4 Å². The summed E-state index contributed by atoms with van der Waals surface area (Å²) < 4.78 is 20.2. The predicted octanol–water partition coefficient (Wildman–Crippen LogP) is 2.72. The van der Waals surface area contributed by atoms with E-state index in [9.17, 15) is 18.8 Å². The highest BCUT2D eigenvalue weighted by atomic mass is 19.1. The van der Waals surface area contributed by atoms with Crippen LogP contribution in [0, 0.1) is 5.82 Å². The lowest BCUT2D eigenvalue weighted by atomic mass is 10.1. The first-order chi connectivity index (χ1) is 13.5. The molecule has 0 saturated carbocycles. The molecule has 2 saturated heterocycles. The second kappa shape index (κ2) is 7.88. The van der Waals surface area contributed by atoms with Crippen molar-refractivity contribution in [2.24, 2.45) is 0 Å². The van der Waals surface area contributed by atoms with Crippen molar-refractivity contribution in [1.82, 2.24) is 10.2 Å². The number of piperazine rings is 1. The Bertz CT molecular complexity index is 823. The Hall–Kier alpha value is -2.84. The summed E-state index contributed by atoms with van der Waals surface area (Å²) >= 11 is 0. The highest BCUT2D eigenvalue weighted by molar-refractivity contribution is 6.05. The van der Waals surface area contributed by atoms with Crippen molar-refractivity contribution in [3.05, 3.63) is 24.0 Å². The second-order valence-corrected chi connectivity index (χ2v) is 8.36. The molecular formula is C20H27FN4O4. The molecule has 158 valence electrons. The lowest BCUT2D eigenvalue weighted by molar-refractivity contribution is -0.120. The number of amides is 4. The van der Waals surface area contributed by atoms with Crippen molar-refractivity contribution in [3.8, 4) is 0 Å². The Balaban J connectivity index is 1.69. The number of imide groups is 1. The van der Waals surface area contributed by atoms with Crippen molar-refractivity contribution in [3.63, 3.8) is 0 Å². The maximum absolute atomic E-state index is 14.8. The average Bonchev–Trinajstić information content (AvgIpc) is 2.61. The van der Waals surface area contributed by atoms with Crippen LogP contribution in [0.5, 0.6) is 0 Å². The molecule has 4 amide bonds. The van der Waals surface area contributed by atoms with E-state index in [0.717, 1.165) is 0 Å². The van der Waals surface area contributed by atoms with E-state index in [2.05, 4.69) is 5.32 Å². The van der Waals surface area contributed by atoms with Gasteiger partial charge in [-0.1, -0.05) is 0 Å². The number of hydrogen-bond donors (Lipinski definition) is 1. The molecule has 0 aromatic heterocycles. The van der Waals surface area contributed by atoms with Crippen LogP contribution in [0.25, 0.3) is 0 Å². The minimum atomic E-state index is -0.618. The molecule has 1 aromatic rings. The summed E-state index contributed by atoms with van der Waals surface area (Å²) in [7, 11) is 0. The molecule has 2 aliphatic heterocycles. The quantitative estimate of drug-likeness (QED) is 0.817. The van der Waals surface area contributed by atoms with Crippen LogP contribution in [-0.4, -0.2) is 60.8 Å². The van der Waals surface area contributed by atoms with E-state index >= 15 is 0 Å². The number of hydrogen-bond acceptors (Lipinski definition) is 5. The number of anilines is 2. The molecule has 3 rings (SSSR count). The zero-order chi connectivity index (χ0) is 21.3. The molecule has 29 heavy (non-hydrogen) atoms. The first kappa shape index (κ1) is 20.9. The van der Waals surface area contributed by atoms with Crippen molar-refractivity contribution in [1.29, 1.82) is 0 Å². The first-order valence-corrected chi connectivity index (χ1v) is 9.70. The Kier molecular flexibility index (Phi) is 5.68. The Morgan fingerprint density at radius 1 is 1.21 bits per heavy atom. The van der Waals surface area contributed by atoms with E-state index in [1.807, 2.05) is 32.6 Å². The van der Waals surface area contributed by atoms with Crippen LogP contribution in [0.1, 0.15) is 34.1 Å². The maximum atomic E-state index is 14.8. The van der Waals surface area contributed by atoms with Gasteiger partial charge in [-0.2, -0.15) is 0 Å². The number of carbonyl (C=O) groups excluding carboxylic acids is 3. The number of benzene rings is 1. The van der Waals surface area contributed by atoms with Gasteiger partial charge in [-0.05, 0) is 45.9 Å². The number of urea groups is 1. The van der Waals surface area contributed by atoms with Crippen molar-refractivity contribution < 1.29 is 23.5 Å². The minimum absolute atomic E-state index is 0.0302. The predicted molar refractivity (Wildman–Crippen MR) is 107 cm³/mol. The maximum Gasteiger partial charge on any atom is 0.410 e. The molecule has 2 fully saturated rings. The lowest BCUT2D eigenvalue weighted by Gasteiger charge is -2.41. The molecule has 0 bridgehead atoms. The number of halogens is 1. The molecule has 0 unspecified atom stereocenters. The highest BCUT2D eigenvalue weighted by Gasteiger charge is 2.31. The summed E-state index contributed by atoms with van der Waals surface area (Å²) in [5.74, 6) is -0.895. The SMILES string of the molecule is C[C@@H]1CN(C(=O)OC(C)(C)C)CCN1c1ccc(N2CCC(=O)NC2=O)c(F)c1. The van der Waals surface area contributed by atoms with Crippen LogP contribution >= 0.6 is 0 Å². The van der Waals surface area contributed by atoms with E-state index in [1.165, 1.54) is 11.0 Å². The van der Waals surface area contributed by atoms with Crippen molar-refractivity contribution in [2.75, 3.05) is 36.0 Å². The number of nitrogens with zero attached hydrogens (tertiary/aromatic N) is 3. The fourth-order valence-corrected chi connectivity index (χ4v) is 3.52. The lowest BCUT2D eigenvalue weighted by Crippen LogP contribution is -2.54. The number of ether oxygens (including phenoxy) is 1. The monoisotopic (exact) mass is 406 g/mol. The molecule has 0 spiro atoms. The molecule has 2 aliphatic rings. The van der Waals surface area contributed by atoms with Gasteiger partial charge in [0, 0.05) is 44.3 Å². The average molecular weight is 406 g/mol. The van der Waals surface area contributed by atoms with Gasteiger partial charge in [0.25, 0.3) is 0 Å². The Morgan fingerprint density at radius 2 is 1.93 bits per heavy atom. The third-order valence-corrected chi connectivity index (χ3v) is 4.89. The van der Waals surface area contributed by atoms with Gasteiger partial charge in [0.05, 0.1) is 5.69 Å². The zero-order valence-corrected chi connectivity index (χ0v) is 17.2. The van der Waals surface area contributed by atoms with Gasteiger partial charge in [-0.3, -0.25) is 15.0 Å². The van der Waals surface area contributed by atoms with Crippen LogP contribution in [0.2, 0.25) is 0 Å². The van der Waals surface area contributed by atoms with Gasteiger partial charge in [0.1, 0.15) is 11.4 Å². The standard InChI is InChI=1S/C20H27FN4O4/c1-13-12-23(19(28)29-20(2,3)4)9-10-24(13)14-5-6-16(15(21)11-14)25-8-7-17(26)22-18(25)27/h5-6,11,13H,7-10,12H2,1-4H3,(H,22,26,27)/t13-/m1/s1. The molecule has 1 atom stereocenters. The van der Waals surface area contributed by atoms with Crippen LogP contribution < -0.4 is 15.1 Å². The fraction of sp³-hybridized carbons (Fsp3) is 0.550. The second-order valence-electron chi connectivity index (χ2n) is 8.36. The molecule has 8 nitrogen and oxygen atoms in total. The summed E-state index contributed by atoms with van der Waals surface area (Å²) in [6.45, 7) is 9.07. The van der Waals surface area contributed by atoms with Gasteiger partial charge in [0.15, 0.2) is 0 Å². The fourth-order valence-electron chi connectivity index (χ4n) is 3.52. The van der Waals surface area contributed by atoms with Gasteiger partial charge in [-0.25, -0.2) is 14.0 Å².